The first-order valence-corrected chi connectivity index (χ1v) is 7.88. The number of nitrogens with zero attached hydrogens (tertiary/aromatic N) is 1. The van der Waals surface area contributed by atoms with E-state index in [9.17, 15) is 0 Å². The molecule has 1 N–H and O–H groups in total. The second-order valence-electron chi connectivity index (χ2n) is 5.93. The number of ether oxygens (including phenoxy) is 1. The molecule has 0 radical (unpaired) electrons. The zero-order valence-electron chi connectivity index (χ0n) is 13.1. The molecule has 1 saturated heterocycles. The van der Waals surface area contributed by atoms with Gasteiger partial charge in [-0.15, -0.1) is 0 Å². The number of piperidine rings is 1. The number of benzene rings is 1. The first-order valence-electron chi connectivity index (χ1n) is 7.88. The van der Waals surface area contributed by atoms with E-state index < -0.39 is 0 Å². The number of rotatable bonds is 6. The Balaban J connectivity index is 1.84. The van der Waals surface area contributed by atoms with Crippen LogP contribution >= 0.6 is 0 Å². The van der Waals surface area contributed by atoms with Gasteiger partial charge in [0, 0.05) is 19.1 Å². The fraction of sp³-hybridized carbons (Fsp3) is 0.647. The van der Waals surface area contributed by atoms with Gasteiger partial charge in [0.15, 0.2) is 0 Å². The highest BCUT2D eigenvalue weighted by atomic mass is 16.5. The van der Waals surface area contributed by atoms with Gasteiger partial charge in [0.1, 0.15) is 5.75 Å². The quantitative estimate of drug-likeness (QED) is 0.864. The van der Waals surface area contributed by atoms with Crippen molar-refractivity contribution < 1.29 is 4.74 Å². The van der Waals surface area contributed by atoms with E-state index >= 15 is 0 Å². The molecular formula is C17H28N2O. The van der Waals surface area contributed by atoms with Gasteiger partial charge in [0.25, 0.3) is 0 Å². The molecule has 0 amide bonds. The van der Waals surface area contributed by atoms with Gasteiger partial charge in [-0.2, -0.15) is 0 Å². The molecule has 2 rings (SSSR count). The molecule has 1 aromatic rings. The van der Waals surface area contributed by atoms with Crippen LogP contribution in [-0.4, -0.2) is 36.7 Å². The lowest BCUT2D eigenvalue weighted by atomic mass is 10.1. The van der Waals surface area contributed by atoms with E-state index in [2.05, 4.69) is 49.2 Å². The summed E-state index contributed by atoms with van der Waals surface area (Å²) in [4.78, 5) is 2.53. The van der Waals surface area contributed by atoms with Crippen LogP contribution in [0.3, 0.4) is 0 Å². The first kappa shape index (κ1) is 15.3. The Morgan fingerprint density at radius 1 is 1.40 bits per heavy atom. The molecule has 20 heavy (non-hydrogen) atoms. The number of likely N-dealkylation sites (N-methyl/N-ethyl adjacent to an activating group) is 1. The lowest BCUT2D eigenvalue weighted by molar-refractivity contribution is 0.198. The van der Waals surface area contributed by atoms with Crippen molar-refractivity contribution in [3.63, 3.8) is 0 Å². The van der Waals surface area contributed by atoms with Gasteiger partial charge >= 0.3 is 0 Å². The van der Waals surface area contributed by atoms with E-state index in [1.165, 1.54) is 31.5 Å². The molecule has 1 atom stereocenters. The normalized spacial score (nSPS) is 20.3. The molecule has 1 aliphatic heterocycles. The third-order valence-electron chi connectivity index (χ3n) is 3.82. The fourth-order valence-corrected chi connectivity index (χ4v) is 2.77. The van der Waals surface area contributed by atoms with Crippen molar-refractivity contribution >= 4 is 0 Å². The van der Waals surface area contributed by atoms with Crippen LogP contribution in [-0.2, 0) is 6.54 Å². The molecule has 1 aliphatic rings. The monoisotopic (exact) mass is 276 g/mol. The van der Waals surface area contributed by atoms with Crippen LogP contribution in [0.4, 0.5) is 0 Å². The van der Waals surface area contributed by atoms with E-state index in [0.717, 1.165) is 18.8 Å². The average Bonchev–Trinajstić information content (AvgIpc) is 2.45. The molecule has 0 aromatic heterocycles. The maximum absolute atomic E-state index is 5.75. The van der Waals surface area contributed by atoms with Crippen molar-refractivity contribution in [3.8, 4) is 5.75 Å². The van der Waals surface area contributed by atoms with Crippen molar-refractivity contribution in [2.24, 2.45) is 0 Å². The van der Waals surface area contributed by atoms with Crippen LogP contribution in [0.1, 0.15) is 39.2 Å². The van der Waals surface area contributed by atoms with Gasteiger partial charge < -0.3 is 15.0 Å². The van der Waals surface area contributed by atoms with Crippen molar-refractivity contribution in [1.29, 1.82) is 0 Å². The summed E-state index contributed by atoms with van der Waals surface area (Å²) < 4.78 is 5.75. The number of hydrogen-bond acceptors (Lipinski definition) is 3. The Kier molecular flexibility index (Phi) is 5.86. The Labute approximate surface area is 123 Å². The zero-order valence-corrected chi connectivity index (χ0v) is 13.1. The standard InChI is InChI=1S/C17H28N2O/c1-4-19-10-6-8-16(13-19)18-12-15-7-5-9-17(11-15)20-14(2)3/h5,7,9,11,14,16,18H,4,6,8,10,12-13H2,1-3H3. The van der Waals surface area contributed by atoms with Crippen LogP contribution in [0, 0.1) is 0 Å². The van der Waals surface area contributed by atoms with Gasteiger partial charge in [-0.25, -0.2) is 0 Å². The summed E-state index contributed by atoms with van der Waals surface area (Å²) >= 11 is 0. The van der Waals surface area contributed by atoms with Crippen molar-refractivity contribution in [2.75, 3.05) is 19.6 Å². The zero-order chi connectivity index (χ0) is 14.4. The topological polar surface area (TPSA) is 24.5 Å². The molecule has 1 aromatic carbocycles. The summed E-state index contributed by atoms with van der Waals surface area (Å²) in [6.07, 6.45) is 2.83. The summed E-state index contributed by atoms with van der Waals surface area (Å²) in [6, 6.07) is 9.05. The summed E-state index contributed by atoms with van der Waals surface area (Å²) in [5.41, 5.74) is 1.30. The number of hydrogen-bond donors (Lipinski definition) is 1. The van der Waals surface area contributed by atoms with E-state index in [4.69, 9.17) is 4.74 Å². The lowest BCUT2D eigenvalue weighted by Gasteiger charge is -2.32. The van der Waals surface area contributed by atoms with Gasteiger partial charge in [0.2, 0.25) is 0 Å². The molecule has 0 spiro atoms. The number of nitrogens with one attached hydrogen (secondary N) is 1. The van der Waals surface area contributed by atoms with E-state index in [1.807, 2.05) is 6.07 Å². The summed E-state index contributed by atoms with van der Waals surface area (Å²) in [6.45, 7) is 10.9. The molecule has 3 heteroatoms. The minimum atomic E-state index is 0.231. The summed E-state index contributed by atoms with van der Waals surface area (Å²) in [5.74, 6) is 0.970. The van der Waals surface area contributed by atoms with Crippen LogP contribution in [0.5, 0.6) is 5.75 Å². The van der Waals surface area contributed by atoms with Gasteiger partial charge in [-0.1, -0.05) is 19.1 Å². The second kappa shape index (κ2) is 7.65. The van der Waals surface area contributed by atoms with Crippen molar-refractivity contribution in [2.45, 2.75) is 52.3 Å². The molecule has 1 heterocycles. The molecule has 0 bridgehead atoms. The SMILES string of the molecule is CCN1CCCC(NCc2cccc(OC(C)C)c2)C1. The molecule has 112 valence electrons. The molecule has 0 saturated carbocycles. The third kappa shape index (κ3) is 4.80. The highest BCUT2D eigenvalue weighted by molar-refractivity contribution is 5.28. The Morgan fingerprint density at radius 3 is 3.00 bits per heavy atom. The van der Waals surface area contributed by atoms with E-state index in [1.54, 1.807) is 0 Å². The molecule has 0 aliphatic carbocycles. The van der Waals surface area contributed by atoms with Crippen LogP contribution in [0.2, 0.25) is 0 Å². The molecular weight excluding hydrogens is 248 g/mol. The third-order valence-corrected chi connectivity index (χ3v) is 3.82. The van der Waals surface area contributed by atoms with Crippen molar-refractivity contribution in [1.82, 2.24) is 10.2 Å². The van der Waals surface area contributed by atoms with E-state index in [-0.39, 0.29) is 6.10 Å². The van der Waals surface area contributed by atoms with Crippen LogP contribution < -0.4 is 10.1 Å². The predicted octanol–water partition coefficient (Wildman–Crippen LogP) is 3.05. The maximum atomic E-state index is 5.75. The van der Waals surface area contributed by atoms with E-state index in [0.29, 0.717) is 6.04 Å². The molecule has 1 unspecified atom stereocenters. The van der Waals surface area contributed by atoms with Crippen molar-refractivity contribution in [3.05, 3.63) is 29.8 Å². The lowest BCUT2D eigenvalue weighted by Crippen LogP contribution is -2.45. The first-order chi connectivity index (χ1) is 9.67. The van der Waals surface area contributed by atoms with Gasteiger partial charge in [-0.05, 0) is 57.5 Å². The predicted molar refractivity (Wildman–Crippen MR) is 84.2 cm³/mol. The fourth-order valence-electron chi connectivity index (χ4n) is 2.77. The highest BCUT2D eigenvalue weighted by Crippen LogP contribution is 2.16. The van der Waals surface area contributed by atoms with Gasteiger partial charge in [0.05, 0.1) is 6.10 Å². The second-order valence-corrected chi connectivity index (χ2v) is 5.93. The Bertz CT molecular complexity index is 406. The molecule has 3 nitrogen and oxygen atoms in total. The Morgan fingerprint density at radius 2 is 2.25 bits per heavy atom. The number of likely N-dealkylation sites (tertiary alicyclic amines) is 1. The minimum Gasteiger partial charge on any atom is -0.491 e. The largest absolute Gasteiger partial charge is 0.491 e. The summed E-state index contributed by atoms with van der Waals surface area (Å²) in [5, 5.41) is 3.69. The smallest absolute Gasteiger partial charge is 0.120 e. The van der Waals surface area contributed by atoms with Crippen LogP contribution in [0.15, 0.2) is 24.3 Å². The minimum absolute atomic E-state index is 0.231. The van der Waals surface area contributed by atoms with Gasteiger partial charge in [-0.3, -0.25) is 0 Å². The Hall–Kier alpha value is -1.06. The highest BCUT2D eigenvalue weighted by Gasteiger charge is 2.17. The average molecular weight is 276 g/mol. The van der Waals surface area contributed by atoms with Crippen LogP contribution in [0.25, 0.3) is 0 Å². The summed E-state index contributed by atoms with van der Waals surface area (Å²) in [7, 11) is 0. The molecule has 1 fully saturated rings. The maximum Gasteiger partial charge on any atom is 0.120 e.